The molecule has 14 heavy (non-hydrogen) atoms. The van der Waals surface area contributed by atoms with Crippen molar-refractivity contribution in [1.29, 1.82) is 0 Å². The van der Waals surface area contributed by atoms with E-state index in [0.29, 0.717) is 0 Å². The molecular formula is C12H19NS. The van der Waals surface area contributed by atoms with Gasteiger partial charge in [0.2, 0.25) is 0 Å². The van der Waals surface area contributed by atoms with Gasteiger partial charge in [-0.1, -0.05) is 6.92 Å². The van der Waals surface area contributed by atoms with Crippen LogP contribution in [-0.4, -0.2) is 13.1 Å². The lowest BCUT2D eigenvalue weighted by Crippen LogP contribution is -2.16. The molecule has 0 bridgehead atoms. The van der Waals surface area contributed by atoms with E-state index in [-0.39, 0.29) is 0 Å². The molecule has 0 radical (unpaired) electrons. The van der Waals surface area contributed by atoms with Gasteiger partial charge in [-0.15, -0.1) is 11.3 Å². The van der Waals surface area contributed by atoms with Crippen LogP contribution in [0, 0.1) is 19.8 Å². The molecule has 1 heterocycles. The van der Waals surface area contributed by atoms with Crippen molar-refractivity contribution in [3.8, 4) is 0 Å². The molecule has 0 saturated heterocycles. The highest BCUT2D eigenvalue weighted by molar-refractivity contribution is 7.12. The monoisotopic (exact) mass is 209 g/mol. The van der Waals surface area contributed by atoms with Crippen LogP contribution in [0.4, 0.5) is 0 Å². The molecule has 2 atom stereocenters. The molecule has 1 aromatic heterocycles. The largest absolute Gasteiger partial charge is 0.317 e. The molecule has 1 fully saturated rings. The Morgan fingerprint density at radius 2 is 2.29 bits per heavy atom. The fourth-order valence-corrected chi connectivity index (χ4v) is 3.20. The van der Waals surface area contributed by atoms with E-state index in [1.54, 1.807) is 5.56 Å². The van der Waals surface area contributed by atoms with E-state index < -0.39 is 0 Å². The maximum absolute atomic E-state index is 3.44. The first-order valence-electron chi connectivity index (χ1n) is 5.50. The number of hydrogen-bond acceptors (Lipinski definition) is 2. The summed E-state index contributed by atoms with van der Waals surface area (Å²) < 4.78 is 0. The molecule has 1 aromatic rings. The summed E-state index contributed by atoms with van der Waals surface area (Å²) >= 11 is 1.94. The summed E-state index contributed by atoms with van der Waals surface area (Å²) in [5.74, 6) is 1.77. The molecule has 2 heteroatoms. The zero-order valence-corrected chi connectivity index (χ0v) is 10.1. The number of rotatable bonds is 4. The third-order valence-electron chi connectivity index (χ3n) is 3.06. The lowest BCUT2D eigenvalue weighted by atomic mass is 10.1. The van der Waals surface area contributed by atoms with Gasteiger partial charge in [-0.25, -0.2) is 0 Å². The van der Waals surface area contributed by atoms with Gasteiger partial charge in [-0.05, 0) is 56.8 Å². The lowest BCUT2D eigenvalue weighted by Gasteiger charge is -2.00. The van der Waals surface area contributed by atoms with Crippen LogP contribution in [0.3, 0.4) is 0 Å². The van der Waals surface area contributed by atoms with E-state index in [0.717, 1.165) is 18.4 Å². The topological polar surface area (TPSA) is 12.0 Å². The summed E-state index contributed by atoms with van der Waals surface area (Å²) in [5, 5.41) is 3.44. The highest BCUT2D eigenvalue weighted by Crippen LogP contribution is 2.49. The van der Waals surface area contributed by atoms with E-state index in [2.05, 4.69) is 32.2 Å². The van der Waals surface area contributed by atoms with Crippen molar-refractivity contribution in [2.24, 2.45) is 5.92 Å². The summed E-state index contributed by atoms with van der Waals surface area (Å²) in [5.41, 5.74) is 1.62. The molecule has 78 valence electrons. The lowest BCUT2D eigenvalue weighted by molar-refractivity contribution is 0.649. The average molecular weight is 209 g/mol. The molecular weight excluding hydrogens is 190 g/mol. The highest BCUT2D eigenvalue weighted by Gasteiger charge is 2.38. The number of hydrogen-bond donors (Lipinski definition) is 1. The van der Waals surface area contributed by atoms with Crippen LogP contribution >= 0.6 is 11.3 Å². The Bertz CT molecular complexity index is 316. The van der Waals surface area contributed by atoms with Crippen molar-refractivity contribution < 1.29 is 0 Å². The molecule has 0 aliphatic heterocycles. The normalized spacial score (nSPS) is 25.4. The minimum absolute atomic E-state index is 0.860. The van der Waals surface area contributed by atoms with Crippen molar-refractivity contribution in [2.75, 3.05) is 13.1 Å². The Morgan fingerprint density at radius 3 is 2.86 bits per heavy atom. The van der Waals surface area contributed by atoms with Crippen molar-refractivity contribution in [1.82, 2.24) is 5.32 Å². The summed E-state index contributed by atoms with van der Waals surface area (Å²) in [6.45, 7) is 8.95. The SMILES string of the molecule is CCNCC1CC1c1cc(C)sc1C. The van der Waals surface area contributed by atoms with Gasteiger partial charge in [0.15, 0.2) is 0 Å². The summed E-state index contributed by atoms with van der Waals surface area (Å²) in [4.78, 5) is 3.00. The van der Waals surface area contributed by atoms with Crippen LogP contribution in [-0.2, 0) is 0 Å². The molecule has 0 spiro atoms. The second kappa shape index (κ2) is 4.03. The zero-order valence-electron chi connectivity index (χ0n) is 9.26. The van der Waals surface area contributed by atoms with Crippen LogP contribution in [0.15, 0.2) is 6.07 Å². The average Bonchev–Trinajstić information content (AvgIpc) is 2.82. The molecule has 1 N–H and O–H groups in total. The van der Waals surface area contributed by atoms with E-state index in [1.165, 1.54) is 22.7 Å². The quantitative estimate of drug-likeness (QED) is 0.803. The Morgan fingerprint density at radius 1 is 1.50 bits per heavy atom. The molecule has 1 aliphatic rings. The number of nitrogens with one attached hydrogen (secondary N) is 1. The Balaban J connectivity index is 1.95. The molecule has 1 nitrogen and oxygen atoms in total. The van der Waals surface area contributed by atoms with Crippen molar-refractivity contribution in [3.63, 3.8) is 0 Å². The van der Waals surface area contributed by atoms with Crippen molar-refractivity contribution in [3.05, 3.63) is 21.4 Å². The van der Waals surface area contributed by atoms with E-state index in [9.17, 15) is 0 Å². The van der Waals surface area contributed by atoms with Gasteiger partial charge in [0.25, 0.3) is 0 Å². The fraction of sp³-hybridized carbons (Fsp3) is 0.667. The van der Waals surface area contributed by atoms with Crippen LogP contribution in [0.25, 0.3) is 0 Å². The van der Waals surface area contributed by atoms with E-state index >= 15 is 0 Å². The van der Waals surface area contributed by atoms with Crippen LogP contribution < -0.4 is 5.32 Å². The third kappa shape index (κ3) is 2.01. The summed E-state index contributed by atoms with van der Waals surface area (Å²) in [6.07, 6.45) is 1.39. The summed E-state index contributed by atoms with van der Waals surface area (Å²) in [6, 6.07) is 2.39. The molecule has 0 amide bonds. The fourth-order valence-electron chi connectivity index (χ4n) is 2.20. The Hall–Kier alpha value is -0.340. The highest BCUT2D eigenvalue weighted by atomic mass is 32.1. The molecule has 0 aromatic carbocycles. The first-order chi connectivity index (χ1) is 6.72. The van der Waals surface area contributed by atoms with Gasteiger partial charge in [0.05, 0.1) is 0 Å². The van der Waals surface area contributed by atoms with Crippen LogP contribution in [0.1, 0.15) is 34.6 Å². The molecule has 2 unspecified atom stereocenters. The van der Waals surface area contributed by atoms with Crippen LogP contribution in [0.5, 0.6) is 0 Å². The van der Waals surface area contributed by atoms with Gasteiger partial charge in [0.1, 0.15) is 0 Å². The standard InChI is InChI=1S/C12H19NS/c1-4-13-7-10-6-12(10)11-5-8(2)14-9(11)3/h5,10,12-13H,4,6-7H2,1-3H3. The number of thiophene rings is 1. The second-order valence-corrected chi connectivity index (χ2v) is 5.74. The smallest absolute Gasteiger partial charge is 0.00519 e. The van der Waals surface area contributed by atoms with E-state index in [1.807, 2.05) is 11.3 Å². The van der Waals surface area contributed by atoms with E-state index in [4.69, 9.17) is 0 Å². The predicted octanol–water partition coefficient (Wildman–Crippen LogP) is 3.08. The second-order valence-electron chi connectivity index (χ2n) is 4.28. The summed E-state index contributed by atoms with van der Waals surface area (Å²) in [7, 11) is 0. The Kier molecular flexibility index (Phi) is 2.93. The predicted molar refractivity (Wildman–Crippen MR) is 63.2 cm³/mol. The Labute approximate surface area is 90.5 Å². The van der Waals surface area contributed by atoms with Crippen molar-refractivity contribution in [2.45, 2.75) is 33.1 Å². The maximum atomic E-state index is 3.44. The van der Waals surface area contributed by atoms with Gasteiger partial charge in [-0.3, -0.25) is 0 Å². The zero-order chi connectivity index (χ0) is 10.1. The molecule has 1 aliphatic carbocycles. The minimum Gasteiger partial charge on any atom is -0.317 e. The minimum atomic E-state index is 0.860. The van der Waals surface area contributed by atoms with Gasteiger partial charge in [-0.2, -0.15) is 0 Å². The van der Waals surface area contributed by atoms with Gasteiger partial charge >= 0.3 is 0 Å². The van der Waals surface area contributed by atoms with Gasteiger partial charge < -0.3 is 5.32 Å². The number of aryl methyl sites for hydroxylation is 2. The third-order valence-corrected chi connectivity index (χ3v) is 4.04. The molecule has 1 saturated carbocycles. The first-order valence-corrected chi connectivity index (χ1v) is 6.31. The van der Waals surface area contributed by atoms with Crippen molar-refractivity contribution >= 4 is 11.3 Å². The van der Waals surface area contributed by atoms with Gasteiger partial charge in [0, 0.05) is 9.75 Å². The maximum Gasteiger partial charge on any atom is 0.00519 e. The van der Waals surface area contributed by atoms with Crippen LogP contribution in [0.2, 0.25) is 0 Å². The molecule has 2 rings (SSSR count). The first kappa shape index (κ1) is 10.2.